The van der Waals surface area contributed by atoms with Crippen LogP contribution in [0, 0.1) is 29.1 Å². The third-order valence-electron chi connectivity index (χ3n) is 10.8. The molecule has 13 nitrogen and oxygen atoms in total. The molecule has 0 radical (unpaired) electrons. The van der Waals surface area contributed by atoms with E-state index in [-0.39, 0.29) is 11.8 Å². The lowest BCUT2D eigenvalue weighted by Crippen LogP contribution is -2.68. The molecule has 8 heterocycles. The van der Waals surface area contributed by atoms with Crippen molar-refractivity contribution in [2.75, 3.05) is 51.3 Å². The van der Waals surface area contributed by atoms with Gasteiger partial charge in [0.05, 0.1) is 54.6 Å². The number of methoxy groups -OCH3 is 1. The molecular formula is C35H39N9O4. The maximum Gasteiger partial charge on any atom is 0.306 e. The monoisotopic (exact) mass is 649 g/mol. The van der Waals surface area contributed by atoms with Gasteiger partial charge in [0, 0.05) is 69.2 Å². The van der Waals surface area contributed by atoms with E-state index in [0.29, 0.717) is 53.0 Å². The second-order valence-corrected chi connectivity index (χ2v) is 13.5. The summed E-state index contributed by atoms with van der Waals surface area (Å²) in [4.78, 5) is 33.0. The van der Waals surface area contributed by atoms with Crippen molar-refractivity contribution in [2.45, 2.75) is 44.3 Å². The number of aliphatic carboxylic acids is 1. The molecule has 1 aliphatic carbocycles. The number of hydrogen-bond acceptors (Lipinski definition) is 11. The van der Waals surface area contributed by atoms with E-state index in [4.69, 9.17) is 19.4 Å². The number of anilines is 1. The van der Waals surface area contributed by atoms with E-state index in [1.54, 1.807) is 30.2 Å². The predicted octanol–water partition coefficient (Wildman–Crippen LogP) is 3.34. The topological polar surface area (TPSA) is 145 Å². The molecule has 5 fully saturated rings. The van der Waals surface area contributed by atoms with E-state index in [1.165, 1.54) is 12.0 Å². The largest absolute Gasteiger partial charge is 0.491 e. The van der Waals surface area contributed by atoms with Crippen LogP contribution in [0.3, 0.4) is 0 Å². The van der Waals surface area contributed by atoms with Crippen LogP contribution >= 0.6 is 0 Å². The lowest BCUT2D eigenvalue weighted by Gasteiger charge is -2.56. The lowest BCUT2D eigenvalue weighted by molar-refractivity contribution is -0.145. The van der Waals surface area contributed by atoms with Crippen molar-refractivity contribution in [1.29, 1.82) is 5.26 Å². The maximum atomic E-state index is 11.8. The number of aromatic nitrogens is 5. The summed E-state index contributed by atoms with van der Waals surface area (Å²) in [5.41, 5.74) is 3.68. The standard InChI is InChI=1S/C35H39N9O4/c1-47-33-6-5-22(12-39-33)16-43-25-9-26(43)19-42(18-25)32-15-37-31(14-38-32)29-10-27(20-44-34(29)24(11-36)13-40-44)48-8-7-41-17-23-3-2-4-28(35(45)46)30(23)21-41/h5-6,10,12-15,20,23,25-26,28,30H,2-4,7-9,16-19,21H2,1H3,(H,45,46). The summed E-state index contributed by atoms with van der Waals surface area (Å²) in [6.07, 6.45) is 12.9. The van der Waals surface area contributed by atoms with Crippen LogP contribution in [-0.2, 0) is 11.3 Å². The summed E-state index contributed by atoms with van der Waals surface area (Å²) in [6, 6.07) is 9.05. The molecule has 13 heteroatoms. The average molecular weight is 650 g/mol. The molecule has 1 N–H and O–H groups in total. The van der Waals surface area contributed by atoms with Gasteiger partial charge in [-0.25, -0.2) is 14.5 Å². The van der Waals surface area contributed by atoms with Gasteiger partial charge in [-0.1, -0.05) is 12.5 Å². The number of carbonyl (C=O) groups is 1. The minimum absolute atomic E-state index is 0.223. The first-order valence-corrected chi connectivity index (χ1v) is 16.8. The Morgan fingerprint density at radius 1 is 1.06 bits per heavy atom. The normalized spacial score (nSPS) is 25.3. The minimum atomic E-state index is -0.659. The average Bonchev–Trinajstić information content (AvgIpc) is 3.74. The highest BCUT2D eigenvalue weighted by atomic mass is 16.5. The van der Waals surface area contributed by atoms with Gasteiger partial charge in [-0.2, -0.15) is 10.4 Å². The molecule has 0 spiro atoms. The molecule has 2 bridgehead atoms. The smallest absolute Gasteiger partial charge is 0.306 e. The zero-order valence-corrected chi connectivity index (χ0v) is 27.0. The molecule has 4 saturated heterocycles. The highest BCUT2D eigenvalue weighted by Crippen LogP contribution is 2.40. The summed E-state index contributed by atoms with van der Waals surface area (Å²) >= 11 is 0. The Morgan fingerprint density at radius 3 is 2.67 bits per heavy atom. The van der Waals surface area contributed by atoms with E-state index >= 15 is 0 Å². The summed E-state index contributed by atoms with van der Waals surface area (Å²) in [5.74, 6) is 1.87. The molecule has 5 unspecified atom stereocenters. The van der Waals surface area contributed by atoms with Crippen molar-refractivity contribution in [1.82, 2.24) is 34.4 Å². The van der Waals surface area contributed by atoms with Crippen molar-refractivity contribution < 1.29 is 19.4 Å². The van der Waals surface area contributed by atoms with E-state index in [1.807, 2.05) is 24.5 Å². The Labute approximate surface area is 278 Å². The Bertz CT molecular complexity index is 1830. The van der Waals surface area contributed by atoms with Crippen LogP contribution in [-0.4, -0.2) is 104 Å². The second-order valence-electron chi connectivity index (χ2n) is 13.5. The van der Waals surface area contributed by atoms with Gasteiger partial charge in [0.2, 0.25) is 5.88 Å². The number of rotatable bonds is 10. The second kappa shape index (κ2) is 12.7. The van der Waals surface area contributed by atoms with Crippen molar-refractivity contribution >= 4 is 17.3 Å². The van der Waals surface area contributed by atoms with Crippen LogP contribution in [0.1, 0.15) is 36.8 Å². The van der Waals surface area contributed by atoms with Gasteiger partial charge in [0.1, 0.15) is 24.2 Å². The number of piperidine rings is 1. The quantitative estimate of drug-likeness (QED) is 0.269. The summed E-state index contributed by atoms with van der Waals surface area (Å²) in [7, 11) is 1.63. The number of piperazine rings is 1. The van der Waals surface area contributed by atoms with Crippen LogP contribution in [0.4, 0.5) is 5.82 Å². The molecule has 5 aliphatic rings. The molecule has 4 aromatic rings. The van der Waals surface area contributed by atoms with Gasteiger partial charge in [-0.05, 0) is 42.7 Å². The number of ether oxygens (including phenoxy) is 2. The molecule has 1 saturated carbocycles. The number of nitrogens with zero attached hydrogens (tertiary/aromatic N) is 9. The Hall–Kier alpha value is -4.80. The van der Waals surface area contributed by atoms with Gasteiger partial charge >= 0.3 is 5.97 Å². The summed E-state index contributed by atoms with van der Waals surface area (Å²) in [6.45, 7) is 5.55. The van der Waals surface area contributed by atoms with E-state index in [0.717, 1.165) is 69.9 Å². The number of pyridine rings is 2. The Balaban J connectivity index is 0.935. The Kier molecular flexibility index (Phi) is 8.06. The first-order chi connectivity index (χ1) is 23.5. The minimum Gasteiger partial charge on any atom is -0.491 e. The molecular weight excluding hydrogens is 610 g/mol. The van der Waals surface area contributed by atoms with Crippen LogP contribution in [0.25, 0.3) is 16.8 Å². The number of fused-ring (bicyclic) bond motifs is 4. The number of hydrogen-bond donors (Lipinski definition) is 1. The fourth-order valence-electron chi connectivity index (χ4n) is 8.39. The third-order valence-corrected chi connectivity index (χ3v) is 10.8. The molecule has 248 valence electrons. The van der Waals surface area contributed by atoms with Gasteiger partial charge in [0.15, 0.2) is 0 Å². The number of carboxylic acids is 1. The summed E-state index contributed by atoms with van der Waals surface area (Å²) < 4.78 is 13.1. The molecule has 4 aliphatic heterocycles. The van der Waals surface area contributed by atoms with Crippen LogP contribution in [0.15, 0.2) is 49.2 Å². The van der Waals surface area contributed by atoms with E-state index in [2.05, 4.69) is 36.9 Å². The van der Waals surface area contributed by atoms with Gasteiger partial charge in [0.25, 0.3) is 0 Å². The van der Waals surface area contributed by atoms with Gasteiger partial charge in [-0.3, -0.25) is 19.6 Å². The summed E-state index contributed by atoms with van der Waals surface area (Å²) in [5, 5.41) is 23.9. The van der Waals surface area contributed by atoms with Crippen LogP contribution in [0.2, 0.25) is 0 Å². The molecule has 9 rings (SSSR count). The van der Waals surface area contributed by atoms with Crippen molar-refractivity contribution in [3.05, 3.63) is 60.3 Å². The molecule has 0 aromatic carbocycles. The SMILES string of the molecule is COc1ccc(CN2C3CC2CN(c2cnc(-c4cc(OCCN5CC6CCCC(C(=O)O)C6C5)cn5ncc(C#N)c45)cn2)C3)cn1. The van der Waals surface area contributed by atoms with Gasteiger partial charge < -0.3 is 19.5 Å². The fourth-order valence-corrected chi connectivity index (χ4v) is 8.39. The Morgan fingerprint density at radius 2 is 1.94 bits per heavy atom. The zero-order valence-electron chi connectivity index (χ0n) is 27.0. The number of likely N-dealkylation sites (tertiary alicyclic amines) is 1. The molecule has 5 atom stereocenters. The van der Waals surface area contributed by atoms with E-state index in [9.17, 15) is 15.2 Å². The fraction of sp³-hybridized carbons (Fsp3) is 0.486. The van der Waals surface area contributed by atoms with Crippen LogP contribution < -0.4 is 14.4 Å². The maximum absolute atomic E-state index is 11.8. The van der Waals surface area contributed by atoms with Crippen molar-refractivity contribution in [2.24, 2.45) is 17.8 Å². The van der Waals surface area contributed by atoms with Crippen LogP contribution in [0.5, 0.6) is 11.6 Å². The van der Waals surface area contributed by atoms with E-state index < -0.39 is 5.97 Å². The van der Waals surface area contributed by atoms with Crippen molar-refractivity contribution in [3.63, 3.8) is 0 Å². The predicted molar refractivity (Wildman–Crippen MR) is 176 cm³/mol. The molecule has 0 amide bonds. The van der Waals surface area contributed by atoms with Crippen molar-refractivity contribution in [3.8, 4) is 29.0 Å². The highest BCUT2D eigenvalue weighted by molar-refractivity contribution is 5.83. The first kappa shape index (κ1) is 30.5. The third kappa shape index (κ3) is 5.69. The zero-order chi connectivity index (χ0) is 32.8. The number of nitriles is 1. The molecule has 4 aromatic heterocycles. The molecule has 48 heavy (non-hydrogen) atoms. The highest BCUT2D eigenvalue weighted by Gasteiger charge is 2.45. The first-order valence-electron chi connectivity index (χ1n) is 16.8. The number of carboxylic acid groups (broad SMARTS) is 1. The lowest BCUT2D eigenvalue weighted by atomic mass is 9.74. The van der Waals surface area contributed by atoms with Gasteiger partial charge in [-0.15, -0.1) is 0 Å².